The predicted molar refractivity (Wildman–Crippen MR) is 78.5 cm³/mol. The summed E-state index contributed by atoms with van der Waals surface area (Å²) in [5, 5.41) is 9.99. The summed E-state index contributed by atoms with van der Waals surface area (Å²) in [4.78, 5) is 22.7. The molecule has 6 nitrogen and oxygen atoms in total. The number of aromatic nitrogens is 2. The molecule has 1 aliphatic rings. The number of aromatic hydroxyl groups is 1. The number of rotatable bonds is 2. The molecule has 110 valence electrons. The fourth-order valence-electron chi connectivity index (χ4n) is 2.57. The predicted octanol–water partition coefficient (Wildman–Crippen LogP) is 2.10. The van der Waals surface area contributed by atoms with Gasteiger partial charge in [0.05, 0.1) is 5.69 Å². The first-order valence-corrected chi connectivity index (χ1v) is 7.07. The van der Waals surface area contributed by atoms with E-state index in [0.717, 1.165) is 25.9 Å². The second-order valence-corrected chi connectivity index (χ2v) is 5.19. The lowest BCUT2D eigenvalue weighted by Crippen LogP contribution is -2.31. The van der Waals surface area contributed by atoms with Gasteiger partial charge >= 0.3 is 5.63 Å². The van der Waals surface area contributed by atoms with Crippen LogP contribution in [0.1, 0.15) is 25.0 Å². The Morgan fingerprint density at radius 1 is 1.29 bits per heavy atom. The third-order valence-corrected chi connectivity index (χ3v) is 3.59. The molecule has 0 saturated carbocycles. The zero-order valence-corrected chi connectivity index (χ0v) is 11.9. The van der Waals surface area contributed by atoms with Crippen molar-refractivity contribution in [1.29, 1.82) is 0 Å². The highest BCUT2D eigenvalue weighted by atomic mass is 16.4. The maximum absolute atomic E-state index is 11.9. The molecule has 1 saturated heterocycles. The van der Waals surface area contributed by atoms with E-state index in [1.807, 2.05) is 0 Å². The molecule has 3 rings (SSSR count). The van der Waals surface area contributed by atoms with Crippen LogP contribution in [0, 0.1) is 6.92 Å². The minimum atomic E-state index is -0.587. The molecular formula is C15H17N3O3. The van der Waals surface area contributed by atoms with E-state index in [4.69, 9.17) is 4.42 Å². The Bertz CT molecular complexity index is 706. The number of nitrogens with zero attached hydrogens (tertiary/aromatic N) is 3. The zero-order chi connectivity index (χ0) is 14.8. The second-order valence-electron chi connectivity index (χ2n) is 5.19. The number of piperidine rings is 1. The van der Waals surface area contributed by atoms with Crippen LogP contribution in [-0.2, 0) is 0 Å². The van der Waals surface area contributed by atoms with Crippen LogP contribution in [0.4, 0.5) is 5.95 Å². The lowest BCUT2D eigenvalue weighted by Gasteiger charge is -2.26. The average Bonchev–Trinajstić information content (AvgIpc) is 2.47. The first-order valence-electron chi connectivity index (χ1n) is 7.07. The molecule has 0 atom stereocenters. The van der Waals surface area contributed by atoms with E-state index < -0.39 is 5.63 Å². The van der Waals surface area contributed by atoms with Gasteiger partial charge in [0, 0.05) is 25.4 Å². The standard InChI is InChI=1S/C15H17N3O3/c1-10-9-12(19)13(14(20)21-10)11-5-6-16-15(17-11)18-7-3-2-4-8-18/h5-6,9,19H,2-4,7-8H2,1H3. The topological polar surface area (TPSA) is 79.5 Å². The van der Waals surface area contributed by atoms with Crippen molar-refractivity contribution in [3.8, 4) is 17.0 Å². The SMILES string of the molecule is Cc1cc(O)c(-c2ccnc(N3CCCCC3)n2)c(=O)o1. The van der Waals surface area contributed by atoms with Gasteiger partial charge in [-0.25, -0.2) is 14.8 Å². The van der Waals surface area contributed by atoms with Crippen molar-refractivity contribution in [2.45, 2.75) is 26.2 Å². The van der Waals surface area contributed by atoms with Gasteiger partial charge in [0.2, 0.25) is 5.95 Å². The molecule has 21 heavy (non-hydrogen) atoms. The third-order valence-electron chi connectivity index (χ3n) is 3.59. The highest BCUT2D eigenvalue weighted by Crippen LogP contribution is 2.26. The van der Waals surface area contributed by atoms with Crippen LogP contribution in [0.15, 0.2) is 27.5 Å². The molecule has 2 aromatic rings. The Balaban J connectivity index is 2.02. The third kappa shape index (κ3) is 2.74. The molecule has 1 aliphatic heterocycles. The van der Waals surface area contributed by atoms with Crippen LogP contribution in [0.5, 0.6) is 5.75 Å². The highest BCUT2D eigenvalue weighted by Gasteiger charge is 2.17. The minimum absolute atomic E-state index is 0.0845. The molecular weight excluding hydrogens is 270 g/mol. The number of hydrogen-bond donors (Lipinski definition) is 1. The van der Waals surface area contributed by atoms with E-state index >= 15 is 0 Å². The summed E-state index contributed by atoms with van der Waals surface area (Å²) in [6.45, 7) is 3.44. The van der Waals surface area contributed by atoms with E-state index in [2.05, 4.69) is 14.9 Å². The van der Waals surface area contributed by atoms with Crippen molar-refractivity contribution in [3.63, 3.8) is 0 Å². The Morgan fingerprint density at radius 2 is 2.05 bits per heavy atom. The summed E-state index contributed by atoms with van der Waals surface area (Å²) < 4.78 is 5.04. The van der Waals surface area contributed by atoms with Crippen molar-refractivity contribution in [3.05, 3.63) is 34.5 Å². The second kappa shape index (κ2) is 5.55. The minimum Gasteiger partial charge on any atom is -0.507 e. The normalized spacial score (nSPS) is 15.2. The molecule has 0 radical (unpaired) electrons. The number of aryl methyl sites for hydroxylation is 1. The van der Waals surface area contributed by atoms with E-state index in [0.29, 0.717) is 17.4 Å². The van der Waals surface area contributed by atoms with Gasteiger partial charge in [0.1, 0.15) is 17.1 Å². The quantitative estimate of drug-likeness (QED) is 0.911. The summed E-state index contributed by atoms with van der Waals surface area (Å²) in [7, 11) is 0. The zero-order valence-electron chi connectivity index (χ0n) is 11.9. The molecule has 1 fully saturated rings. The Labute approximate surface area is 122 Å². The van der Waals surface area contributed by atoms with Crippen LogP contribution in [0.2, 0.25) is 0 Å². The van der Waals surface area contributed by atoms with Gasteiger partial charge in [0.25, 0.3) is 0 Å². The molecule has 0 aromatic carbocycles. The highest BCUT2D eigenvalue weighted by molar-refractivity contribution is 5.65. The number of hydrogen-bond acceptors (Lipinski definition) is 6. The van der Waals surface area contributed by atoms with Gasteiger partial charge in [-0.1, -0.05) is 0 Å². The summed E-state index contributed by atoms with van der Waals surface area (Å²) >= 11 is 0. The lowest BCUT2D eigenvalue weighted by atomic mass is 10.1. The smallest absolute Gasteiger partial charge is 0.349 e. The fraction of sp³-hybridized carbons (Fsp3) is 0.400. The maximum Gasteiger partial charge on any atom is 0.349 e. The van der Waals surface area contributed by atoms with Crippen LogP contribution in [0.3, 0.4) is 0 Å². The van der Waals surface area contributed by atoms with Gasteiger partial charge in [-0.3, -0.25) is 0 Å². The molecule has 0 unspecified atom stereocenters. The molecule has 0 amide bonds. The Hall–Kier alpha value is -2.37. The first-order chi connectivity index (χ1) is 10.1. The van der Waals surface area contributed by atoms with Crippen molar-refractivity contribution < 1.29 is 9.52 Å². The summed E-state index contributed by atoms with van der Waals surface area (Å²) in [5.74, 6) is 0.838. The van der Waals surface area contributed by atoms with Gasteiger partial charge in [-0.2, -0.15) is 0 Å². The maximum atomic E-state index is 11.9. The van der Waals surface area contributed by atoms with E-state index in [-0.39, 0.29) is 11.3 Å². The van der Waals surface area contributed by atoms with Gasteiger partial charge in [0.15, 0.2) is 0 Å². The Morgan fingerprint density at radius 3 is 2.76 bits per heavy atom. The van der Waals surface area contributed by atoms with Crippen molar-refractivity contribution in [1.82, 2.24) is 9.97 Å². The van der Waals surface area contributed by atoms with E-state index in [1.54, 1.807) is 19.2 Å². The summed E-state index contributed by atoms with van der Waals surface area (Å²) in [6, 6.07) is 3.02. The van der Waals surface area contributed by atoms with E-state index in [1.165, 1.54) is 12.5 Å². The molecule has 1 N–H and O–H groups in total. The lowest BCUT2D eigenvalue weighted by molar-refractivity contribution is 0.438. The van der Waals surface area contributed by atoms with Crippen LogP contribution in [-0.4, -0.2) is 28.2 Å². The van der Waals surface area contributed by atoms with Crippen molar-refractivity contribution in [2.75, 3.05) is 18.0 Å². The first kappa shape index (κ1) is 13.6. The summed E-state index contributed by atoms with van der Waals surface area (Å²) in [5.41, 5.74) is -0.117. The van der Waals surface area contributed by atoms with Crippen LogP contribution < -0.4 is 10.5 Å². The summed E-state index contributed by atoms with van der Waals surface area (Å²) in [6.07, 6.45) is 5.06. The monoisotopic (exact) mass is 287 g/mol. The molecule has 2 aromatic heterocycles. The molecule has 0 bridgehead atoms. The van der Waals surface area contributed by atoms with Gasteiger partial charge in [-0.05, 0) is 32.3 Å². The molecule has 3 heterocycles. The molecule has 0 spiro atoms. The largest absolute Gasteiger partial charge is 0.507 e. The molecule has 6 heteroatoms. The average molecular weight is 287 g/mol. The van der Waals surface area contributed by atoms with Crippen LogP contribution >= 0.6 is 0 Å². The van der Waals surface area contributed by atoms with E-state index in [9.17, 15) is 9.90 Å². The number of anilines is 1. The molecule has 0 aliphatic carbocycles. The van der Waals surface area contributed by atoms with Gasteiger partial charge < -0.3 is 14.4 Å². The van der Waals surface area contributed by atoms with Gasteiger partial charge in [-0.15, -0.1) is 0 Å². The van der Waals surface area contributed by atoms with Crippen molar-refractivity contribution >= 4 is 5.95 Å². The van der Waals surface area contributed by atoms with Crippen LogP contribution in [0.25, 0.3) is 11.3 Å². The fourth-order valence-corrected chi connectivity index (χ4v) is 2.57. The van der Waals surface area contributed by atoms with Crippen molar-refractivity contribution in [2.24, 2.45) is 0 Å². The Kier molecular flexibility index (Phi) is 3.60.